The minimum absolute atomic E-state index is 0.108. The third-order valence-electron chi connectivity index (χ3n) is 4.51. The van der Waals surface area contributed by atoms with Crippen molar-refractivity contribution in [2.45, 2.75) is 59.2 Å². The number of likely N-dealkylation sites (N-methyl/N-ethyl adjacent to an activating group) is 1. The fourth-order valence-corrected chi connectivity index (χ4v) is 3.33. The molecule has 0 radical (unpaired) electrons. The van der Waals surface area contributed by atoms with E-state index in [0.717, 1.165) is 29.1 Å². The Balaban J connectivity index is 2.19. The first-order valence-electron chi connectivity index (χ1n) is 10.2. The van der Waals surface area contributed by atoms with Gasteiger partial charge in [0, 0.05) is 24.2 Å². The van der Waals surface area contributed by atoms with E-state index < -0.39 is 5.60 Å². The van der Waals surface area contributed by atoms with E-state index in [-0.39, 0.29) is 12.1 Å². The number of hydrogen-bond donors (Lipinski definition) is 1. The Morgan fingerprint density at radius 3 is 2.41 bits per heavy atom. The zero-order chi connectivity index (χ0) is 21.4. The van der Waals surface area contributed by atoms with Crippen LogP contribution in [-0.2, 0) is 17.7 Å². The van der Waals surface area contributed by atoms with Crippen LogP contribution in [0.25, 0.3) is 0 Å². The highest BCUT2D eigenvalue weighted by atomic mass is 35.5. The van der Waals surface area contributed by atoms with E-state index in [1.807, 2.05) is 64.1 Å². The average Bonchev–Trinajstić information content (AvgIpc) is 2.64. The van der Waals surface area contributed by atoms with Crippen molar-refractivity contribution in [1.29, 1.82) is 0 Å². The lowest BCUT2D eigenvalue weighted by molar-refractivity contribution is 0.0215. The molecule has 1 amide bonds. The lowest BCUT2D eigenvalue weighted by Gasteiger charge is -2.31. The van der Waals surface area contributed by atoms with E-state index in [1.165, 1.54) is 5.56 Å². The summed E-state index contributed by atoms with van der Waals surface area (Å²) < 4.78 is 5.68. The van der Waals surface area contributed by atoms with Crippen molar-refractivity contribution in [3.8, 4) is 0 Å². The Hall–Kier alpha value is -2.04. The van der Waals surface area contributed by atoms with Gasteiger partial charge in [0.1, 0.15) is 5.60 Å². The third-order valence-corrected chi connectivity index (χ3v) is 4.93. The number of amides is 1. The van der Waals surface area contributed by atoms with Crippen LogP contribution < -0.4 is 5.32 Å². The normalized spacial score (nSPS) is 12.5. The molecule has 1 unspecified atom stereocenters. The monoisotopic (exact) mass is 416 g/mol. The van der Waals surface area contributed by atoms with E-state index in [2.05, 4.69) is 24.4 Å². The quantitative estimate of drug-likeness (QED) is 0.608. The van der Waals surface area contributed by atoms with Crippen LogP contribution in [0.5, 0.6) is 0 Å². The van der Waals surface area contributed by atoms with Crippen LogP contribution in [0.3, 0.4) is 0 Å². The Kier molecular flexibility index (Phi) is 8.54. The van der Waals surface area contributed by atoms with Gasteiger partial charge in [-0.2, -0.15) is 0 Å². The van der Waals surface area contributed by atoms with E-state index >= 15 is 0 Å². The first-order valence-corrected chi connectivity index (χ1v) is 10.6. The maximum atomic E-state index is 12.9. The predicted octanol–water partition coefficient (Wildman–Crippen LogP) is 5.61. The predicted molar refractivity (Wildman–Crippen MR) is 120 cm³/mol. The minimum atomic E-state index is -0.535. The molecule has 5 heteroatoms. The van der Waals surface area contributed by atoms with Crippen molar-refractivity contribution in [2.24, 2.45) is 0 Å². The van der Waals surface area contributed by atoms with Gasteiger partial charge < -0.3 is 15.0 Å². The zero-order valence-corrected chi connectivity index (χ0v) is 18.9. The molecule has 0 spiro atoms. The summed E-state index contributed by atoms with van der Waals surface area (Å²) in [5.74, 6) is 0. The molecule has 0 aliphatic rings. The number of benzene rings is 2. The molecule has 1 atom stereocenters. The molecule has 2 aromatic rings. The Morgan fingerprint density at radius 1 is 1.14 bits per heavy atom. The van der Waals surface area contributed by atoms with Gasteiger partial charge in [-0.3, -0.25) is 0 Å². The van der Waals surface area contributed by atoms with Crippen molar-refractivity contribution in [1.82, 2.24) is 10.2 Å². The first-order chi connectivity index (χ1) is 13.7. The number of carbonyl (C=O) groups excluding carboxylic acids is 1. The van der Waals surface area contributed by atoms with Gasteiger partial charge in [0.05, 0.1) is 0 Å². The molecule has 0 bridgehead atoms. The number of hydrogen-bond acceptors (Lipinski definition) is 3. The SMILES string of the molecule is CCNC(Cc1ccc(Cl)c(C)c1)CN(Cc1ccccc1)C(=O)OC(C)(C)C. The van der Waals surface area contributed by atoms with Crippen molar-refractivity contribution in [3.63, 3.8) is 0 Å². The van der Waals surface area contributed by atoms with Crippen molar-refractivity contribution in [2.75, 3.05) is 13.1 Å². The molecule has 0 fully saturated rings. The minimum Gasteiger partial charge on any atom is -0.444 e. The highest BCUT2D eigenvalue weighted by Gasteiger charge is 2.25. The standard InChI is InChI=1S/C24H33ClN2O2/c1-6-26-21(15-20-12-13-22(25)18(2)14-20)17-27(23(28)29-24(3,4)5)16-19-10-8-7-9-11-19/h7-14,21,26H,6,15-17H2,1-5H3. The van der Waals surface area contributed by atoms with E-state index in [4.69, 9.17) is 16.3 Å². The molecular weight excluding hydrogens is 384 g/mol. The molecule has 0 heterocycles. The molecule has 29 heavy (non-hydrogen) atoms. The molecule has 0 aromatic heterocycles. The molecule has 2 rings (SSSR count). The fourth-order valence-electron chi connectivity index (χ4n) is 3.21. The fraction of sp³-hybridized carbons (Fsp3) is 0.458. The van der Waals surface area contributed by atoms with E-state index in [1.54, 1.807) is 4.90 Å². The summed E-state index contributed by atoms with van der Waals surface area (Å²) in [7, 11) is 0. The van der Waals surface area contributed by atoms with Crippen LogP contribution in [0.2, 0.25) is 5.02 Å². The van der Waals surface area contributed by atoms with Gasteiger partial charge in [-0.15, -0.1) is 0 Å². The summed E-state index contributed by atoms with van der Waals surface area (Å²) in [6.07, 6.45) is 0.511. The number of halogens is 1. The van der Waals surface area contributed by atoms with E-state index in [0.29, 0.717) is 13.1 Å². The van der Waals surface area contributed by atoms with Gasteiger partial charge in [-0.25, -0.2) is 4.79 Å². The van der Waals surface area contributed by atoms with Gasteiger partial charge >= 0.3 is 6.09 Å². The van der Waals surface area contributed by atoms with Gasteiger partial charge in [0.15, 0.2) is 0 Å². The smallest absolute Gasteiger partial charge is 0.410 e. The lowest BCUT2D eigenvalue weighted by atomic mass is 10.0. The number of carbonyl (C=O) groups is 1. The summed E-state index contributed by atoms with van der Waals surface area (Å²) >= 11 is 6.17. The zero-order valence-electron chi connectivity index (χ0n) is 18.2. The van der Waals surface area contributed by atoms with Gasteiger partial charge in [-0.05, 0) is 63.4 Å². The summed E-state index contributed by atoms with van der Waals surface area (Å²) in [6.45, 7) is 11.7. The largest absolute Gasteiger partial charge is 0.444 e. The molecule has 158 valence electrons. The Bertz CT molecular complexity index is 787. The second-order valence-corrected chi connectivity index (χ2v) is 8.80. The lowest BCUT2D eigenvalue weighted by Crippen LogP contribution is -2.46. The van der Waals surface area contributed by atoms with Crippen molar-refractivity contribution in [3.05, 3.63) is 70.2 Å². The maximum Gasteiger partial charge on any atom is 0.410 e. The second kappa shape index (κ2) is 10.7. The van der Waals surface area contributed by atoms with Crippen LogP contribution in [0.4, 0.5) is 4.79 Å². The number of ether oxygens (including phenoxy) is 1. The summed E-state index contributed by atoms with van der Waals surface area (Å²) in [5.41, 5.74) is 2.80. The van der Waals surface area contributed by atoms with Crippen LogP contribution in [-0.4, -0.2) is 35.7 Å². The molecule has 2 aromatic carbocycles. The molecule has 0 saturated carbocycles. The second-order valence-electron chi connectivity index (χ2n) is 8.39. The van der Waals surface area contributed by atoms with Crippen LogP contribution in [0.15, 0.2) is 48.5 Å². The highest BCUT2D eigenvalue weighted by Crippen LogP contribution is 2.18. The third kappa shape index (κ3) is 8.08. The number of rotatable bonds is 8. The van der Waals surface area contributed by atoms with E-state index in [9.17, 15) is 4.79 Å². The molecule has 4 nitrogen and oxygen atoms in total. The number of aryl methyl sites for hydroxylation is 1. The maximum absolute atomic E-state index is 12.9. The Labute approximate surface area is 180 Å². The average molecular weight is 417 g/mol. The molecular formula is C24H33ClN2O2. The topological polar surface area (TPSA) is 41.6 Å². The van der Waals surface area contributed by atoms with Crippen LogP contribution in [0.1, 0.15) is 44.4 Å². The van der Waals surface area contributed by atoms with Crippen molar-refractivity contribution >= 4 is 17.7 Å². The number of nitrogens with zero attached hydrogens (tertiary/aromatic N) is 1. The first kappa shape index (κ1) is 23.2. The molecule has 1 N–H and O–H groups in total. The van der Waals surface area contributed by atoms with Gasteiger partial charge in [0.25, 0.3) is 0 Å². The molecule has 0 aliphatic heterocycles. The van der Waals surface area contributed by atoms with Crippen LogP contribution >= 0.6 is 11.6 Å². The summed E-state index contributed by atoms with van der Waals surface area (Å²) in [4.78, 5) is 14.7. The number of nitrogens with one attached hydrogen (secondary N) is 1. The van der Waals surface area contributed by atoms with Gasteiger partial charge in [-0.1, -0.05) is 61.0 Å². The van der Waals surface area contributed by atoms with Gasteiger partial charge in [0.2, 0.25) is 0 Å². The molecule has 0 aliphatic carbocycles. The summed E-state index contributed by atoms with van der Waals surface area (Å²) in [5, 5.41) is 4.29. The highest BCUT2D eigenvalue weighted by molar-refractivity contribution is 6.31. The van der Waals surface area contributed by atoms with Crippen LogP contribution in [0, 0.1) is 6.92 Å². The Morgan fingerprint density at radius 2 is 1.83 bits per heavy atom. The summed E-state index contributed by atoms with van der Waals surface area (Å²) in [6, 6.07) is 16.2. The molecule has 0 saturated heterocycles. The van der Waals surface area contributed by atoms with Crippen molar-refractivity contribution < 1.29 is 9.53 Å².